The van der Waals surface area contributed by atoms with Crippen LogP contribution in [0.3, 0.4) is 0 Å². The molecule has 0 aliphatic carbocycles. The summed E-state index contributed by atoms with van der Waals surface area (Å²) in [6.07, 6.45) is 4.64. The van der Waals surface area contributed by atoms with Crippen LogP contribution in [0.1, 0.15) is 27.7 Å². The number of hydrogen-bond donors (Lipinski definition) is 0. The van der Waals surface area contributed by atoms with Crippen LogP contribution in [0, 0.1) is 0 Å². The van der Waals surface area contributed by atoms with Gasteiger partial charge in [0, 0.05) is 12.7 Å². The topological polar surface area (TPSA) is 60.2 Å². The van der Waals surface area contributed by atoms with E-state index in [0.717, 1.165) is 5.69 Å². The van der Waals surface area contributed by atoms with Gasteiger partial charge in [-0.25, -0.2) is 19.5 Å². The third kappa shape index (κ3) is 3.81. The molecule has 6 nitrogen and oxygen atoms in total. The van der Waals surface area contributed by atoms with Gasteiger partial charge in [0.25, 0.3) is 0 Å². The van der Waals surface area contributed by atoms with Crippen molar-refractivity contribution in [2.75, 3.05) is 11.6 Å². The molecule has 2 aromatic heterocycles. The van der Waals surface area contributed by atoms with E-state index in [1.54, 1.807) is 23.4 Å². The number of aromatic nitrogens is 3. The first kappa shape index (κ1) is 15.0. The van der Waals surface area contributed by atoms with Crippen LogP contribution in [0.15, 0.2) is 36.9 Å². The molecule has 21 heavy (non-hydrogen) atoms. The first-order valence-electron chi connectivity index (χ1n) is 6.87. The Bertz CT molecular complexity index is 602. The van der Waals surface area contributed by atoms with Gasteiger partial charge in [-0.15, -0.1) is 0 Å². The summed E-state index contributed by atoms with van der Waals surface area (Å²) in [6, 6.07) is 5.61. The standard InChI is InChI=1S/C15H20N4O2/c1-5-19(14(20)21-15(2,3)4)18-10-13(17-11-18)12-8-6-7-9-16-12/h6-11H,5H2,1-4H3. The molecule has 0 spiro atoms. The molecule has 2 aromatic rings. The van der Waals surface area contributed by atoms with E-state index in [1.807, 2.05) is 45.9 Å². The lowest BCUT2D eigenvalue weighted by molar-refractivity contribution is 0.0541. The Hall–Kier alpha value is -2.37. The summed E-state index contributed by atoms with van der Waals surface area (Å²) in [4.78, 5) is 20.7. The van der Waals surface area contributed by atoms with Gasteiger partial charge in [-0.1, -0.05) is 6.07 Å². The van der Waals surface area contributed by atoms with Crippen LogP contribution in [0.5, 0.6) is 0 Å². The summed E-state index contributed by atoms with van der Waals surface area (Å²) in [5, 5.41) is 1.48. The van der Waals surface area contributed by atoms with Crippen molar-refractivity contribution in [1.82, 2.24) is 14.6 Å². The summed E-state index contributed by atoms with van der Waals surface area (Å²) < 4.78 is 7.01. The number of nitrogens with zero attached hydrogens (tertiary/aromatic N) is 4. The second-order valence-electron chi connectivity index (χ2n) is 5.55. The third-order valence-corrected chi connectivity index (χ3v) is 2.68. The van der Waals surface area contributed by atoms with Crippen LogP contribution >= 0.6 is 0 Å². The maximum atomic E-state index is 12.2. The molecule has 1 amide bonds. The van der Waals surface area contributed by atoms with Gasteiger partial charge < -0.3 is 4.74 Å². The van der Waals surface area contributed by atoms with Crippen LogP contribution in [0.4, 0.5) is 4.79 Å². The van der Waals surface area contributed by atoms with E-state index >= 15 is 0 Å². The Morgan fingerprint density at radius 1 is 1.29 bits per heavy atom. The van der Waals surface area contributed by atoms with Gasteiger partial charge in [0.15, 0.2) is 0 Å². The molecule has 0 unspecified atom stereocenters. The molecular weight excluding hydrogens is 268 g/mol. The monoisotopic (exact) mass is 288 g/mol. The van der Waals surface area contributed by atoms with Gasteiger partial charge in [-0.05, 0) is 39.8 Å². The average Bonchev–Trinajstić information content (AvgIpc) is 2.88. The normalized spacial score (nSPS) is 11.2. The first-order valence-corrected chi connectivity index (χ1v) is 6.87. The minimum Gasteiger partial charge on any atom is -0.442 e. The molecule has 2 rings (SSSR count). The molecule has 0 aliphatic heterocycles. The number of imidazole rings is 1. The van der Waals surface area contributed by atoms with E-state index in [-0.39, 0.29) is 0 Å². The molecular formula is C15H20N4O2. The molecule has 0 aromatic carbocycles. The molecule has 0 fully saturated rings. The number of amides is 1. The van der Waals surface area contributed by atoms with Crippen LogP contribution in [-0.2, 0) is 4.74 Å². The van der Waals surface area contributed by atoms with Gasteiger partial charge in [-0.3, -0.25) is 4.98 Å². The van der Waals surface area contributed by atoms with Crippen molar-refractivity contribution in [1.29, 1.82) is 0 Å². The average molecular weight is 288 g/mol. The van der Waals surface area contributed by atoms with Crippen LogP contribution in [0.2, 0.25) is 0 Å². The number of pyridine rings is 1. The second kappa shape index (κ2) is 5.95. The van der Waals surface area contributed by atoms with Gasteiger partial charge in [-0.2, -0.15) is 0 Å². The fraction of sp³-hybridized carbons (Fsp3) is 0.400. The molecule has 112 valence electrons. The van der Waals surface area contributed by atoms with Crippen molar-refractivity contribution < 1.29 is 9.53 Å². The summed E-state index contributed by atoms with van der Waals surface area (Å²) in [5.74, 6) is 0. The highest BCUT2D eigenvalue weighted by Crippen LogP contribution is 2.14. The zero-order chi connectivity index (χ0) is 15.5. The van der Waals surface area contributed by atoms with E-state index in [2.05, 4.69) is 9.97 Å². The molecule has 0 radical (unpaired) electrons. The lowest BCUT2D eigenvalue weighted by Gasteiger charge is -2.26. The number of ether oxygens (including phenoxy) is 1. The summed E-state index contributed by atoms with van der Waals surface area (Å²) in [5.41, 5.74) is 0.934. The summed E-state index contributed by atoms with van der Waals surface area (Å²) in [7, 11) is 0. The fourth-order valence-electron chi connectivity index (χ4n) is 1.79. The number of carbonyl (C=O) groups is 1. The predicted octanol–water partition coefficient (Wildman–Crippen LogP) is 2.84. The van der Waals surface area contributed by atoms with Crippen molar-refractivity contribution >= 4 is 6.09 Å². The Kier molecular flexibility index (Phi) is 4.26. The van der Waals surface area contributed by atoms with Gasteiger partial charge in [0.05, 0.1) is 11.9 Å². The summed E-state index contributed by atoms with van der Waals surface area (Å²) >= 11 is 0. The van der Waals surface area contributed by atoms with Crippen molar-refractivity contribution in [3.05, 3.63) is 36.9 Å². The molecule has 6 heteroatoms. The molecule has 0 saturated carbocycles. The second-order valence-corrected chi connectivity index (χ2v) is 5.55. The Labute approximate surface area is 124 Å². The lowest BCUT2D eigenvalue weighted by Crippen LogP contribution is -2.43. The highest BCUT2D eigenvalue weighted by molar-refractivity contribution is 5.79. The highest BCUT2D eigenvalue weighted by atomic mass is 16.6. The highest BCUT2D eigenvalue weighted by Gasteiger charge is 2.22. The van der Waals surface area contributed by atoms with Crippen molar-refractivity contribution in [2.45, 2.75) is 33.3 Å². The fourth-order valence-corrected chi connectivity index (χ4v) is 1.79. The molecule has 0 N–H and O–H groups in total. The maximum Gasteiger partial charge on any atom is 0.429 e. The molecule has 0 saturated heterocycles. The van der Waals surface area contributed by atoms with Crippen LogP contribution in [-0.4, -0.2) is 32.9 Å². The predicted molar refractivity (Wildman–Crippen MR) is 80.5 cm³/mol. The Morgan fingerprint density at radius 3 is 2.62 bits per heavy atom. The van der Waals surface area contributed by atoms with E-state index < -0.39 is 11.7 Å². The van der Waals surface area contributed by atoms with Crippen molar-refractivity contribution in [2.24, 2.45) is 0 Å². The number of hydrogen-bond acceptors (Lipinski definition) is 4. The zero-order valence-electron chi connectivity index (χ0n) is 12.8. The molecule has 0 atom stereocenters. The molecule has 2 heterocycles. The van der Waals surface area contributed by atoms with Gasteiger partial charge in [0.2, 0.25) is 0 Å². The number of rotatable bonds is 3. The first-order chi connectivity index (χ1) is 9.90. The Morgan fingerprint density at radius 2 is 2.05 bits per heavy atom. The quantitative estimate of drug-likeness (QED) is 0.871. The number of carbonyl (C=O) groups excluding carboxylic acids is 1. The zero-order valence-corrected chi connectivity index (χ0v) is 12.8. The third-order valence-electron chi connectivity index (χ3n) is 2.68. The van der Waals surface area contributed by atoms with E-state index in [1.165, 1.54) is 5.01 Å². The van der Waals surface area contributed by atoms with Gasteiger partial charge >= 0.3 is 6.09 Å². The SMILES string of the molecule is CCN(C(=O)OC(C)(C)C)n1cnc(-c2ccccn2)c1. The van der Waals surface area contributed by atoms with E-state index in [4.69, 9.17) is 4.74 Å². The lowest BCUT2D eigenvalue weighted by atomic mass is 10.2. The maximum absolute atomic E-state index is 12.2. The molecule has 0 aliphatic rings. The van der Waals surface area contributed by atoms with E-state index in [0.29, 0.717) is 12.2 Å². The van der Waals surface area contributed by atoms with Crippen LogP contribution in [0.25, 0.3) is 11.4 Å². The minimum atomic E-state index is -0.533. The minimum absolute atomic E-state index is 0.407. The smallest absolute Gasteiger partial charge is 0.429 e. The largest absolute Gasteiger partial charge is 0.442 e. The van der Waals surface area contributed by atoms with Crippen molar-refractivity contribution in [3.63, 3.8) is 0 Å². The van der Waals surface area contributed by atoms with Gasteiger partial charge in [0.1, 0.15) is 17.6 Å². The van der Waals surface area contributed by atoms with Crippen molar-refractivity contribution in [3.8, 4) is 11.4 Å². The molecule has 0 bridgehead atoms. The van der Waals surface area contributed by atoms with Crippen LogP contribution < -0.4 is 5.01 Å². The summed E-state index contributed by atoms with van der Waals surface area (Å²) in [6.45, 7) is 7.88. The Balaban J connectivity index is 2.20. The van der Waals surface area contributed by atoms with E-state index in [9.17, 15) is 4.79 Å².